The summed E-state index contributed by atoms with van der Waals surface area (Å²) in [5, 5.41) is 3.56. The number of sulfone groups is 1. The molecule has 2 rings (SSSR count). The highest BCUT2D eigenvalue weighted by molar-refractivity contribution is 7.90. The summed E-state index contributed by atoms with van der Waals surface area (Å²) in [5.74, 6) is 0. The van der Waals surface area contributed by atoms with Crippen molar-refractivity contribution in [3.8, 4) is 0 Å². The van der Waals surface area contributed by atoms with Crippen molar-refractivity contribution in [1.82, 2.24) is 0 Å². The first kappa shape index (κ1) is 13.7. The van der Waals surface area contributed by atoms with E-state index in [4.69, 9.17) is 17.3 Å². The maximum Gasteiger partial charge on any atom is 0.175 e. The number of benzene rings is 2. The van der Waals surface area contributed by atoms with Gasteiger partial charge in [0, 0.05) is 11.9 Å². The van der Waals surface area contributed by atoms with Crippen LogP contribution < -0.4 is 11.1 Å². The summed E-state index contributed by atoms with van der Waals surface area (Å²) in [5.41, 5.74) is 7.71. The number of hydrogen-bond donors (Lipinski definition) is 2. The molecule has 0 aliphatic rings. The fraction of sp³-hybridized carbons (Fsp3) is 0.0769. The second-order valence-electron chi connectivity index (χ2n) is 4.12. The Morgan fingerprint density at radius 3 is 2.32 bits per heavy atom. The highest BCUT2D eigenvalue weighted by Crippen LogP contribution is 2.29. The maximum absolute atomic E-state index is 11.3. The lowest BCUT2D eigenvalue weighted by atomic mass is 10.2. The van der Waals surface area contributed by atoms with Crippen molar-refractivity contribution < 1.29 is 8.42 Å². The average Bonchev–Trinajstić information content (AvgIpc) is 2.35. The first-order valence-electron chi connectivity index (χ1n) is 5.49. The van der Waals surface area contributed by atoms with Gasteiger partial charge in [-0.15, -0.1) is 0 Å². The second-order valence-corrected chi connectivity index (χ2v) is 6.55. The van der Waals surface area contributed by atoms with Gasteiger partial charge in [-0.05, 0) is 36.4 Å². The van der Waals surface area contributed by atoms with Gasteiger partial charge >= 0.3 is 0 Å². The van der Waals surface area contributed by atoms with E-state index < -0.39 is 9.84 Å². The smallest absolute Gasteiger partial charge is 0.175 e. The molecule has 19 heavy (non-hydrogen) atoms. The monoisotopic (exact) mass is 296 g/mol. The van der Waals surface area contributed by atoms with Crippen LogP contribution in [0, 0.1) is 0 Å². The van der Waals surface area contributed by atoms with Gasteiger partial charge < -0.3 is 11.1 Å². The van der Waals surface area contributed by atoms with Gasteiger partial charge in [-0.2, -0.15) is 0 Å². The molecule has 0 spiro atoms. The molecule has 0 fully saturated rings. The molecule has 0 saturated heterocycles. The number of nitrogen functional groups attached to an aromatic ring is 1. The van der Waals surface area contributed by atoms with Crippen molar-refractivity contribution in [1.29, 1.82) is 0 Å². The molecule has 4 nitrogen and oxygen atoms in total. The van der Waals surface area contributed by atoms with E-state index in [1.165, 1.54) is 6.26 Å². The SMILES string of the molecule is CS(=O)(=O)c1ccc(Nc2cccc(Cl)c2N)cc1. The lowest BCUT2D eigenvalue weighted by Crippen LogP contribution is -1.99. The number of nitrogens with two attached hydrogens (primary N) is 1. The van der Waals surface area contributed by atoms with Crippen molar-refractivity contribution in [2.24, 2.45) is 0 Å². The van der Waals surface area contributed by atoms with Gasteiger partial charge in [-0.25, -0.2) is 8.42 Å². The summed E-state index contributed by atoms with van der Waals surface area (Å²) in [6.07, 6.45) is 1.17. The van der Waals surface area contributed by atoms with Gasteiger partial charge in [0.2, 0.25) is 0 Å². The number of nitrogens with one attached hydrogen (secondary N) is 1. The summed E-state index contributed by atoms with van der Waals surface area (Å²) in [6.45, 7) is 0. The zero-order valence-corrected chi connectivity index (χ0v) is 11.8. The molecule has 0 saturated carbocycles. The summed E-state index contributed by atoms with van der Waals surface area (Å²) >= 11 is 5.92. The maximum atomic E-state index is 11.3. The molecule has 0 unspecified atom stereocenters. The highest BCUT2D eigenvalue weighted by Gasteiger charge is 2.07. The third-order valence-corrected chi connectivity index (χ3v) is 4.07. The molecule has 100 valence electrons. The molecule has 0 amide bonds. The van der Waals surface area contributed by atoms with Gasteiger partial charge in [0.15, 0.2) is 9.84 Å². The third kappa shape index (κ3) is 3.19. The van der Waals surface area contributed by atoms with Crippen molar-refractivity contribution in [3.63, 3.8) is 0 Å². The molecule has 2 aromatic carbocycles. The lowest BCUT2D eigenvalue weighted by molar-refractivity contribution is 0.602. The van der Waals surface area contributed by atoms with E-state index >= 15 is 0 Å². The van der Waals surface area contributed by atoms with E-state index in [2.05, 4.69) is 5.32 Å². The number of halogens is 1. The normalized spacial score (nSPS) is 11.3. The van der Waals surface area contributed by atoms with E-state index in [1.807, 2.05) is 0 Å². The van der Waals surface area contributed by atoms with Crippen LogP contribution in [0.5, 0.6) is 0 Å². The van der Waals surface area contributed by atoms with Gasteiger partial charge in [0.05, 0.1) is 21.3 Å². The van der Waals surface area contributed by atoms with Crippen LogP contribution in [-0.4, -0.2) is 14.7 Å². The van der Waals surface area contributed by atoms with Gasteiger partial charge in [0.1, 0.15) is 0 Å². The molecule has 6 heteroatoms. The van der Waals surface area contributed by atoms with Crippen LogP contribution in [0.1, 0.15) is 0 Å². The quantitative estimate of drug-likeness (QED) is 0.854. The molecular formula is C13H13ClN2O2S. The highest BCUT2D eigenvalue weighted by atomic mass is 35.5. The van der Waals surface area contributed by atoms with E-state index in [0.717, 1.165) is 5.69 Å². The first-order chi connectivity index (χ1) is 8.88. The van der Waals surface area contributed by atoms with E-state index in [0.29, 0.717) is 16.4 Å². The molecule has 0 bridgehead atoms. The third-order valence-electron chi connectivity index (χ3n) is 2.61. The Morgan fingerprint density at radius 2 is 1.74 bits per heavy atom. The number of hydrogen-bond acceptors (Lipinski definition) is 4. The molecule has 0 aliphatic heterocycles. The number of anilines is 3. The Bertz CT molecular complexity index is 697. The van der Waals surface area contributed by atoms with Crippen LogP contribution >= 0.6 is 11.6 Å². The van der Waals surface area contributed by atoms with Crippen molar-refractivity contribution in [3.05, 3.63) is 47.5 Å². The van der Waals surface area contributed by atoms with Crippen molar-refractivity contribution >= 4 is 38.5 Å². The lowest BCUT2D eigenvalue weighted by Gasteiger charge is -2.10. The van der Waals surface area contributed by atoms with Crippen molar-refractivity contribution in [2.75, 3.05) is 17.3 Å². The van der Waals surface area contributed by atoms with E-state index in [9.17, 15) is 8.42 Å². The Hall–Kier alpha value is -1.72. The van der Waals surface area contributed by atoms with Crippen molar-refractivity contribution in [2.45, 2.75) is 4.90 Å². The van der Waals surface area contributed by atoms with Crippen LogP contribution in [0.3, 0.4) is 0 Å². The summed E-state index contributed by atoms with van der Waals surface area (Å²) < 4.78 is 22.7. The molecule has 0 atom stereocenters. The summed E-state index contributed by atoms with van der Waals surface area (Å²) in [6, 6.07) is 11.7. The fourth-order valence-corrected chi connectivity index (χ4v) is 2.39. The minimum absolute atomic E-state index is 0.275. The number of rotatable bonds is 3. The molecular weight excluding hydrogens is 284 g/mol. The fourth-order valence-electron chi connectivity index (χ4n) is 1.59. The average molecular weight is 297 g/mol. The first-order valence-corrected chi connectivity index (χ1v) is 7.76. The van der Waals surface area contributed by atoms with Crippen LogP contribution in [0.15, 0.2) is 47.4 Å². The predicted octanol–water partition coefficient (Wildman–Crippen LogP) is 3.07. The standard InChI is InChI=1S/C13H13ClN2O2S/c1-19(17,18)10-7-5-9(6-8-10)16-12-4-2-3-11(14)13(12)15/h2-8,16H,15H2,1H3. The summed E-state index contributed by atoms with van der Waals surface area (Å²) in [4.78, 5) is 0.275. The predicted molar refractivity (Wildman–Crippen MR) is 78.7 cm³/mol. The van der Waals surface area contributed by atoms with Crippen LogP contribution in [0.2, 0.25) is 5.02 Å². The minimum Gasteiger partial charge on any atom is -0.396 e. The molecule has 0 heterocycles. The Labute approximate surface area is 117 Å². The van der Waals surface area contributed by atoms with E-state index in [1.54, 1.807) is 42.5 Å². The minimum atomic E-state index is -3.18. The molecule has 0 radical (unpaired) electrons. The molecule has 2 aromatic rings. The van der Waals surface area contributed by atoms with Gasteiger partial charge in [0.25, 0.3) is 0 Å². The van der Waals surface area contributed by atoms with Crippen LogP contribution in [0.25, 0.3) is 0 Å². The zero-order valence-electron chi connectivity index (χ0n) is 10.2. The zero-order chi connectivity index (χ0) is 14.0. The van der Waals surface area contributed by atoms with Gasteiger partial charge in [-0.3, -0.25) is 0 Å². The van der Waals surface area contributed by atoms with Crippen LogP contribution in [-0.2, 0) is 9.84 Å². The Balaban J connectivity index is 2.27. The topological polar surface area (TPSA) is 72.2 Å². The summed E-state index contributed by atoms with van der Waals surface area (Å²) in [7, 11) is -3.18. The molecule has 0 aliphatic carbocycles. The van der Waals surface area contributed by atoms with Crippen LogP contribution in [0.4, 0.5) is 17.1 Å². The second kappa shape index (κ2) is 5.11. The molecule has 3 N–H and O–H groups in total. The number of para-hydroxylation sites is 1. The largest absolute Gasteiger partial charge is 0.396 e. The van der Waals surface area contributed by atoms with Gasteiger partial charge in [-0.1, -0.05) is 17.7 Å². The Kier molecular flexibility index (Phi) is 3.68. The Morgan fingerprint density at radius 1 is 1.11 bits per heavy atom. The molecule has 0 aromatic heterocycles. The van der Waals surface area contributed by atoms with E-state index in [-0.39, 0.29) is 4.90 Å².